The summed E-state index contributed by atoms with van der Waals surface area (Å²) >= 11 is 0. The third-order valence-electron chi connectivity index (χ3n) is 3.83. The zero-order valence-corrected chi connectivity index (χ0v) is 13.5. The van der Waals surface area contributed by atoms with E-state index in [9.17, 15) is 4.79 Å². The molecule has 0 spiro atoms. The lowest BCUT2D eigenvalue weighted by Gasteiger charge is -2.19. The van der Waals surface area contributed by atoms with Crippen LogP contribution in [0.25, 0.3) is 0 Å². The first-order valence-electron chi connectivity index (χ1n) is 7.66. The summed E-state index contributed by atoms with van der Waals surface area (Å²) in [7, 11) is 1.68. The Bertz CT molecular complexity index is 500. The Balaban J connectivity index is 2.12. The Morgan fingerprint density at radius 1 is 1.43 bits per heavy atom. The third kappa shape index (κ3) is 4.21. The van der Waals surface area contributed by atoms with Gasteiger partial charge in [0, 0.05) is 37.7 Å². The number of hydrogen-bond acceptors (Lipinski definition) is 3. The summed E-state index contributed by atoms with van der Waals surface area (Å²) in [5, 5.41) is 3.41. The second-order valence-electron chi connectivity index (χ2n) is 6.27. The highest BCUT2D eigenvalue weighted by Gasteiger charge is 2.27. The molecular weight excluding hydrogens is 264 g/mol. The van der Waals surface area contributed by atoms with Gasteiger partial charge < -0.3 is 15.0 Å². The van der Waals surface area contributed by atoms with Crippen LogP contribution in [0.2, 0.25) is 0 Å². The molecule has 2 rings (SSSR count). The Labute approximate surface area is 127 Å². The van der Waals surface area contributed by atoms with Gasteiger partial charge in [0.1, 0.15) is 5.75 Å². The first-order valence-corrected chi connectivity index (χ1v) is 7.66. The summed E-state index contributed by atoms with van der Waals surface area (Å²) in [5.41, 5.74) is 2.31. The minimum Gasteiger partial charge on any atom is -0.496 e. The van der Waals surface area contributed by atoms with Crippen molar-refractivity contribution in [2.75, 3.05) is 13.7 Å². The molecule has 21 heavy (non-hydrogen) atoms. The molecule has 1 aliphatic rings. The molecule has 1 saturated heterocycles. The van der Waals surface area contributed by atoms with Crippen molar-refractivity contribution in [2.24, 2.45) is 5.92 Å². The molecule has 4 nitrogen and oxygen atoms in total. The molecule has 1 amide bonds. The zero-order chi connectivity index (χ0) is 15.4. The lowest BCUT2D eigenvalue weighted by molar-refractivity contribution is -0.128. The predicted molar refractivity (Wildman–Crippen MR) is 84.2 cm³/mol. The normalized spacial score (nSPS) is 18.6. The summed E-state index contributed by atoms with van der Waals surface area (Å²) in [5.74, 6) is 1.56. The monoisotopic (exact) mass is 290 g/mol. The van der Waals surface area contributed by atoms with E-state index >= 15 is 0 Å². The van der Waals surface area contributed by atoms with Crippen LogP contribution in [0.15, 0.2) is 18.2 Å². The van der Waals surface area contributed by atoms with Crippen molar-refractivity contribution in [1.82, 2.24) is 10.2 Å². The number of nitrogens with one attached hydrogen (secondary N) is 1. The smallest absolute Gasteiger partial charge is 0.223 e. The highest BCUT2D eigenvalue weighted by Crippen LogP contribution is 2.25. The van der Waals surface area contributed by atoms with Gasteiger partial charge in [0.2, 0.25) is 5.91 Å². The molecule has 0 aromatic heterocycles. The molecule has 1 fully saturated rings. The fraction of sp³-hybridized carbons (Fsp3) is 0.588. The van der Waals surface area contributed by atoms with E-state index in [4.69, 9.17) is 4.74 Å². The van der Waals surface area contributed by atoms with E-state index in [-0.39, 0.29) is 5.91 Å². The molecule has 1 N–H and O–H groups in total. The topological polar surface area (TPSA) is 41.6 Å². The van der Waals surface area contributed by atoms with Gasteiger partial charge in [-0.2, -0.15) is 0 Å². The maximum atomic E-state index is 12.0. The highest BCUT2D eigenvalue weighted by molar-refractivity contribution is 5.78. The fourth-order valence-corrected chi connectivity index (χ4v) is 2.72. The molecule has 0 saturated carbocycles. The van der Waals surface area contributed by atoms with Gasteiger partial charge in [-0.15, -0.1) is 0 Å². The Morgan fingerprint density at radius 3 is 2.76 bits per heavy atom. The second-order valence-corrected chi connectivity index (χ2v) is 6.27. The summed E-state index contributed by atoms with van der Waals surface area (Å²) in [4.78, 5) is 13.9. The Hall–Kier alpha value is -1.55. The molecule has 1 aromatic rings. The summed E-state index contributed by atoms with van der Waals surface area (Å²) in [6, 6.07) is 6.67. The van der Waals surface area contributed by atoms with E-state index in [2.05, 4.69) is 38.2 Å². The third-order valence-corrected chi connectivity index (χ3v) is 3.83. The summed E-state index contributed by atoms with van der Waals surface area (Å²) in [6.07, 6.45) is 0.664. The van der Waals surface area contributed by atoms with Crippen LogP contribution in [0.4, 0.5) is 0 Å². The molecule has 1 atom stereocenters. The standard InChI is InChI=1S/C17H26N2O2/c1-12(2)18-9-14-5-6-16(21-4)15(8-14)11-19-10-13(3)7-17(19)20/h5-6,8,12-13,18H,7,9-11H2,1-4H3. The van der Waals surface area contributed by atoms with Gasteiger partial charge in [0.25, 0.3) is 0 Å². The largest absolute Gasteiger partial charge is 0.496 e. The molecular formula is C17H26N2O2. The number of rotatable bonds is 6. The van der Waals surface area contributed by atoms with Crippen LogP contribution in [0, 0.1) is 5.92 Å². The molecule has 1 aliphatic heterocycles. The molecule has 1 aromatic carbocycles. The number of hydrogen-bond donors (Lipinski definition) is 1. The van der Waals surface area contributed by atoms with Crippen molar-refractivity contribution in [3.8, 4) is 5.75 Å². The van der Waals surface area contributed by atoms with Crippen LogP contribution < -0.4 is 10.1 Å². The number of methoxy groups -OCH3 is 1. The van der Waals surface area contributed by atoms with Crippen LogP contribution in [-0.4, -0.2) is 30.5 Å². The van der Waals surface area contributed by atoms with E-state index in [0.717, 1.165) is 24.4 Å². The minimum absolute atomic E-state index is 0.246. The summed E-state index contributed by atoms with van der Waals surface area (Å²) < 4.78 is 5.44. The zero-order valence-electron chi connectivity index (χ0n) is 13.5. The van der Waals surface area contributed by atoms with Crippen molar-refractivity contribution < 1.29 is 9.53 Å². The van der Waals surface area contributed by atoms with Crippen LogP contribution in [0.3, 0.4) is 0 Å². The average Bonchev–Trinajstić information content (AvgIpc) is 2.75. The van der Waals surface area contributed by atoms with E-state index in [0.29, 0.717) is 24.9 Å². The van der Waals surface area contributed by atoms with Gasteiger partial charge in [-0.05, 0) is 23.6 Å². The molecule has 0 bridgehead atoms. The van der Waals surface area contributed by atoms with Gasteiger partial charge in [-0.25, -0.2) is 0 Å². The number of carbonyl (C=O) groups excluding carboxylic acids is 1. The number of ether oxygens (including phenoxy) is 1. The Kier molecular flexibility index (Phi) is 5.23. The maximum Gasteiger partial charge on any atom is 0.223 e. The van der Waals surface area contributed by atoms with Gasteiger partial charge in [0.05, 0.1) is 7.11 Å². The van der Waals surface area contributed by atoms with Crippen LogP contribution in [0.5, 0.6) is 5.75 Å². The van der Waals surface area contributed by atoms with Crippen LogP contribution >= 0.6 is 0 Å². The van der Waals surface area contributed by atoms with Crippen molar-refractivity contribution in [2.45, 2.75) is 46.3 Å². The molecule has 116 valence electrons. The van der Waals surface area contributed by atoms with Crippen molar-refractivity contribution >= 4 is 5.91 Å². The van der Waals surface area contributed by atoms with E-state index in [1.165, 1.54) is 5.56 Å². The van der Waals surface area contributed by atoms with Crippen molar-refractivity contribution in [1.29, 1.82) is 0 Å². The van der Waals surface area contributed by atoms with E-state index in [1.807, 2.05) is 11.0 Å². The first-order chi connectivity index (χ1) is 9.99. The number of benzene rings is 1. The molecule has 1 unspecified atom stereocenters. The van der Waals surface area contributed by atoms with Gasteiger partial charge in [-0.1, -0.05) is 26.8 Å². The lowest BCUT2D eigenvalue weighted by atomic mass is 10.1. The van der Waals surface area contributed by atoms with Crippen LogP contribution in [-0.2, 0) is 17.9 Å². The number of amides is 1. The van der Waals surface area contributed by atoms with Crippen molar-refractivity contribution in [3.63, 3.8) is 0 Å². The quantitative estimate of drug-likeness (QED) is 0.875. The van der Waals surface area contributed by atoms with E-state index < -0.39 is 0 Å². The Morgan fingerprint density at radius 2 is 2.19 bits per heavy atom. The van der Waals surface area contributed by atoms with E-state index in [1.54, 1.807) is 7.11 Å². The fourth-order valence-electron chi connectivity index (χ4n) is 2.72. The molecule has 1 heterocycles. The SMILES string of the molecule is COc1ccc(CNC(C)C)cc1CN1CC(C)CC1=O. The predicted octanol–water partition coefficient (Wildman–Crippen LogP) is 2.56. The number of carbonyl (C=O) groups is 1. The average molecular weight is 290 g/mol. The number of likely N-dealkylation sites (tertiary alicyclic amines) is 1. The van der Waals surface area contributed by atoms with Gasteiger partial charge in [-0.3, -0.25) is 4.79 Å². The first kappa shape index (κ1) is 15.8. The highest BCUT2D eigenvalue weighted by atomic mass is 16.5. The van der Waals surface area contributed by atoms with Gasteiger partial charge >= 0.3 is 0 Å². The molecule has 0 radical (unpaired) electrons. The minimum atomic E-state index is 0.246. The molecule has 4 heteroatoms. The van der Waals surface area contributed by atoms with Crippen molar-refractivity contribution in [3.05, 3.63) is 29.3 Å². The maximum absolute atomic E-state index is 12.0. The number of nitrogens with zero attached hydrogens (tertiary/aromatic N) is 1. The molecule has 0 aliphatic carbocycles. The van der Waals surface area contributed by atoms with Gasteiger partial charge in [0.15, 0.2) is 0 Å². The second kappa shape index (κ2) is 6.94. The lowest BCUT2D eigenvalue weighted by Crippen LogP contribution is -2.25. The summed E-state index contributed by atoms with van der Waals surface area (Å²) in [6.45, 7) is 8.71. The van der Waals surface area contributed by atoms with Crippen LogP contribution in [0.1, 0.15) is 38.3 Å².